The summed E-state index contributed by atoms with van der Waals surface area (Å²) in [5.74, 6) is -4.31. The van der Waals surface area contributed by atoms with Crippen LogP contribution in [0.4, 0.5) is 13.2 Å². The molecule has 10 heteroatoms. The van der Waals surface area contributed by atoms with Crippen molar-refractivity contribution in [3.63, 3.8) is 0 Å². The molecule has 3 aromatic carbocycles. The molecular formula is C20H11Cl3F3NO3. The molecule has 1 aliphatic heterocycles. The average Bonchev–Trinajstić information content (AvgIpc) is 3.06. The molecule has 0 aliphatic carbocycles. The summed E-state index contributed by atoms with van der Waals surface area (Å²) in [5.41, 5.74) is 0. The fourth-order valence-electron chi connectivity index (χ4n) is 2.78. The maximum atomic E-state index is 13.8. The molecule has 0 radical (unpaired) electrons. The molecule has 0 amide bonds. The molecule has 0 bridgehead atoms. The number of rotatable bonds is 2. The van der Waals surface area contributed by atoms with Crippen LogP contribution in [0.15, 0.2) is 71.7 Å². The van der Waals surface area contributed by atoms with Crippen LogP contribution >= 0.6 is 34.8 Å². The Morgan fingerprint density at radius 2 is 1.40 bits per heavy atom. The fourth-order valence-corrected chi connectivity index (χ4v) is 3.14. The van der Waals surface area contributed by atoms with E-state index in [-0.39, 0.29) is 17.2 Å². The van der Waals surface area contributed by atoms with Gasteiger partial charge in [-0.05, 0) is 35.0 Å². The highest BCUT2D eigenvalue weighted by Gasteiger charge is 2.60. The number of ether oxygens (including phenoxy) is 3. The first kappa shape index (κ1) is 20.9. The molecule has 4 rings (SSSR count). The Labute approximate surface area is 183 Å². The summed E-state index contributed by atoms with van der Waals surface area (Å²) in [6.45, 7) is 0. The van der Waals surface area contributed by atoms with E-state index in [0.717, 1.165) is 5.39 Å². The van der Waals surface area contributed by atoms with Gasteiger partial charge in [0.25, 0.3) is 3.79 Å². The summed E-state index contributed by atoms with van der Waals surface area (Å²) in [4.78, 5) is 3.47. The molecule has 0 aromatic heterocycles. The number of aliphatic imine (C=N–C) groups is 1. The van der Waals surface area contributed by atoms with Crippen molar-refractivity contribution in [1.82, 2.24) is 0 Å². The minimum absolute atomic E-state index is 0.0693. The summed E-state index contributed by atoms with van der Waals surface area (Å²) in [6.07, 6.45) is -5.03. The van der Waals surface area contributed by atoms with E-state index < -0.39 is 21.8 Å². The van der Waals surface area contributed by atoms with Gasteiger partial charge >= 0.3 is 18.0 Å². The summed E-state index contributed by atoms with van der Waals surface area (Å²) in [6, 6.07) is 17.6. The molecule has 1 heterocycles. The highest BCUT2D eigenvalue weighted by atomic mass is 35.6. The monoisotopic (exact) mass is 475 g/mol. The van der Waals surface area contributed by atoms with E-state index in [2.05, 4.69) is 4.99 Å². The van der Waals surface area contributed by atoms with Crippen molar-refractivity contribution in [3.05, 3.63) is 66.7 Å². The van der Waals surface area contributed by atoms with E-state index in [1.807, 2.05) is 12.1 Å². The van der Waals surface area contributed by atoms with Crippen molar-refractivity contribution < 1.29 is 27.4 Å². The molecule has 0 fully saturated rings. The number of halogens is 6. The molecule has 0 atom stereocenters. The predicted octanol–water partition coefficient (Wildman–Crippen LogP) is 6.67. The molecule has 0 spiro atoms. The Morgan fingerprint density at radius 3 is 1.97 bits per heavy atom. The van der Waals surface area contributed by atoms with Crippen molar-refractivity contribution in [2.75, 3.05) is 0 Å². The number of para-hydroxylation sites is 2. The van der Waals surface area contributed by atoms with Gasteiger partial charge in [0, 0.05) is 0 Å². The Morgan fingerprint density at radius 1 is 0.833 bits per heavy atom. The molecule has 0 N–H and O–H groups in total. The second kappa shape index (κ2) is 7.41. The number of hydrogen-bond donors (Lipinski definition) is 0. The first-order valence-electron chi connectivity index (χ1n) is 8.45. The molecule has 1 aliphatic rings. The number of nitrogens with zero attached hydrogens (tertiary/aromatic N) is 1. The van der Waals surface area contributed by atoms with E-state index >= 15 is 0 Å². The van der Waals surface area contributed by atoms with Crippen molar-refractivity contribution in [3.8, 4) is 17.2 Å². The maximum absolute atomic E-state index is 13.8. The highest BCUT2D eigenvalue weighted by Crippen LogP contribution is 2.51. The highest BCUT2D eigenvalue weighted by molar-refractivity contribution is 6.68. The van der Waals surface area contributed by atoms with Gasteiger partial charge in [-0.25, -0.2) is 0 Å². The Kier molecular flexibility index (Phi) is 5.16. The van der Waals surface area contributed by atoms with Crippen LogP contribution in [0.25, 0.3) is 10.8 Å². The van der Waals surface area contributed by atoms with Crippen LogP contribution in [0, 0.1) is 0 Å². The lowest BCUT2D eigenvalue weighted by Gasteiger charge is -2.30. The molecule has 3 aromatic rings. The lowest BCUT2D eigenvalue weighted by Crippen LogP contribution is -2.51. The number of fused-ring (bicyclic) bond motifs is 2. The Balaban J connectivity index is 1.76. The topological polar surface area (TPSA) is 40.0 Å². The molecule has 0 unspecified atom stereocenters. The first-order chi connectivity index (χ1) is 14.1. The van der Waals surface area contributed by atoms with Crippen LogP contribution in [0.2, 0.25) is 0 Å². The second-order valence-corrected chi connectivity index (χ2v) is 8.54. The number of alkyl halides is 6. The van der Waals surface area contributed by atoms with Crippen molar-refractivity contribution in [2.45, 2.75) is 15.9 Å². The van der Waals surface area contributed by atoms with E-state index in [4.69, 9.17) is 49.0 Å². The third kappa shape index (κ3) is 3.97. The van der Waals surface area contributed by atoms with Gasteiger partial charge in [0.1, 0.15) is 5.75 Å². The largest absolute Gasteiger partial charge is 0.468 e. The van der Waals surface area contributed by atoms with Gasteiger partial charge in [0.15, 0.2) is 11.5 Å². The lowest BCUT2D eigenvalue weighted by molar-refractivity contribution is -0.0911. The zero-order valence-corrected chi connectivity index (χ0v) is 17.1. The lowest BCUT2D eigenvalue weighted by atomic mass is 10.1. The summed E-state index contributed by atoms with van der Waals surface area (Å²) in [7, 11) is 0. The molecule has 0 saturated carbocycles. The third-order valence-corrected chi connectivity index (χ3v) is 4.85. The standard InChI is InChI=1S/C20H11Cl3F3NO3/c21-19(22,23)20(29-15-7-3-4-8-16(15)30-20)27-17(18(24,25)26)28-14-10-9-12-5-1-2-6-13(12)11-14/h1-11H/b27-17+. The van der Waals surface area contributed by atoms with Crippen molar-refractivity contribution in [1.29, 1.82) is 0 Å². The SMILES string of the molecule is FC(F)(F)/C(=N\C1(C(Cl)(Cl)Cl)Oc2ccccc2O1)Oc1ccc2ccccc2c1. The number of hydrogen-bond acceptors (Lipinski definition) is 4. The maximum Gasteiger partial charge on any atom is 0.468 e. The minimum atomic E-state index is -5.03. The fraction of sp³-hybridized carbons (Fsp3) is 0.150. The second-order valence-electron chi connectivity index (χ2n) is 6.26. The van der Waals surface area contributed by atoms with Crippen LogP contribution in [-0.2, 0) is 0 Å². The van der Waals surface area contributed by atoms with Crippen LogP contribution in [0.5, 0.6) is 17.2 Å². The van der Waals surface area contributed by atoms with E-state index in [9.17, 15) is 13.2 Å². The minimum Gasteiger partial charge on any atom is -0.435 e. The molecular weight excluding hydrogens is 466 g/mol. The molecule has 30 heavy (non-hydrogen) atoms. The van der Waals surface area contributed by atoms with Crippen LogP contribution in [0.3, 0.4) is 0 Å². The van der Waals surface area contributed by atoms with Crippen LogP contribution in [0.1, 0.15) is 0 Å². The van der Waals surface area contributed by atoms with E-state index in [1.165, 1.54) is 24.3 Å². The smallest absolute Gasteiger partial charge is 0.435 e. The van der Waals surface area contributed by atoms with Crippen molar-refractivity contribution in [2.24, 2.45) is 4.99 Å². The van der Waals surface area contributed by atoms with E-state index in [1.54, 1.807) is 30.3 Å². The molecule has 0 saturated heterocycles. The quantitative estimate of drug-likeness (QED) is 0.235. The zero-order valence-electron chi connectivity index (χ0n) is 14.8. The van der Waals surface area contributed by atoms with Gasteiger partial charge in [0.05, 0.1) is 0 Å². The van der Waals surface area contributed by atoms with Crippen molar-refractivity contribution >= 4 is 51.5 Å². The Hall–Kier alpha value is -2.35. The summed E-state index contributed by atoms with van der Waals surface area (Å²) >= 11 is 17.7. The van der Waals surface area contributed by atoms with Gasteiger partial charge in [0.2, 0.25) is 0 Å². The third-order valence-electron chi connectivity index (χ3n) is 4.13. The van der Waals surface area contributed by atoms with E-state index in [0.29, 0.717) is 5.39 Å². The normalized spacial score (nSPS) is 16.0. The average molecular weight is 477 g/mol. The molecule has 4 nitrogen and oxygen atoms in total. The van der Waals surface area contributed by atoms with Crippen LogP contribution < -0.4 is 14.2 Å². The Bertz CT molecular complexity index is 1100. The summed E-state index contributed by atoms with van der Waals surface area (Å²) < 4.78 is 54.6. The van der Waals surface area contributed by atoms with Gasteiger partial charge in [-0.15, -0.1) is 0 Å². The van der Waals surface area contributed by atoms with Crippen LogP contribution in [-0.4, -0.2) is 21.8 Å². The van der Waals surface area contributed by atoms with Gasteiger partial charge in [-0.3, -0.25) is 0 Å². The van der Waals surface area contributed by atoms with Gasteiger partial charge in [-0.1, -0.05) is 77.3 Å². The van der Waals surface area contributed by atoms with Gasteiger partial charge < -0.3 is 14.2 Å². The first-order valence-corrected chi connectivity index (χ1v) is 9.58. The number of benzene rings is 3. The van der Waals surface area contributed by atoms with Gasteiger partial charge in [-0.2, -0.15) is 18.2 Å². The predicted molar refractivity (Wildman–Crippen MR) is 109 cm³/mol. The zero-order chi connectivity index (χ0) is 21.6. The molecule has 156 valence electrons. The summed E-state index contributed by atoms with van der Waals surface area (Å²) in [5, 5.41) is 1.50.